The van der Waals surface area contributed by atoms with E-state index in [1.54, 1.807) is 36.9 Å². The van der Waals surface area contributed by atoms with Crippen LogP contribution in [-0.4, -0.2) is 36.9 Å². The van der Waals surface area contributed by atoms with Crippen LogP contribution in [-0.2, 0) is 16.8 Å². The van der Waals surface area contributed by atoms with Crippen molar-refractivity contribution in [1.29, 1.82) is 0 Å². The van der Waals surface area contributed by atoms with Crippen molar-refractivity contribution in [2.24, 2.45) is 10.7 Å². The fourth-order valence-corrected chi connectivity index (χ4v) is 3.16. The van der Waals surface area contributed by atoms with E-state index in [1.165, 1.54) is 0 Å². The van der Waals surface area contributed by atoms with Gasteiger partial charge < -0.3 is 11.1 Å². The summed E-state index contributed by atoms with van der Waals surface area (Å²) in [5, 5.41) is 2.93. The number of nitrogens with two attached hydrogens (primary N) is 1. The molecule has 3 rings (SSSR count). The number of nitrogens with zero attached hydrogens (tertiary/aromatic N) is 3. The number of pyridine rings is 2. The topological polar surface area (TPSA) is 110 Å². The molecular formula is C22H22FN5O2S. The average molecular weight is 440 g/mol. The third-order valence-corrected chi connectivity index (χ3v) is 5.00. The average Bonchev–Trinajstić information content (AvgIpc) is 2.77. The van der Waals surface area contributed by atoms with Crippen molar-refractivity contribution in [2.75, 3.05) is 17.6 Å². The van der Waals surface area contributed by atoms with E-state index in [4.69, 9.17) is 5.73 Å². The molecule has 0 spiro atoms. The Kier molecular flexibility index (Phi) is 7.45. The highest BCUT2D eigenvalue weighted by Crippen LogP contribution is 2.27. The lowest BCUT2D eigenvalue weighted by Crippen LogP contribution is -2.13. The van der Waals surface area contributed by atoms with Gasteiger partial charge in [0.05, 0.1) is 18.0 Å². The standard InChI is InChI=1S/C22H22FN5O2S/c23-31(29,30)13-12-28-22-7-6-18(21-5-1-2-10-27-21)14-19(22)20(24)8-11-26-16-17-4-3-9-25-15-17/h1-11,14-15,28H,12-13,16,24H2/b20-8-,26-11?. The number of nitrogens with one attached hydrogen (secondary N) is 1. The first-order chi connectivity index (χ1) is 14.9. The maximum Gasteiger partial charge on any atom is 0.304 e. The van der Waals surface area contributed by atoms with E-state index >= 15 is 0 Å². The molecule has 160 valence electrons. The summed E-state index contributed by atoms with van der Waals surface area (Å²) in [5.41, 5.74) is 10.5. The van der Waals surface area contributed by atoms with E-state index in [0.717, 1.165) is 16.8 Å². The van der Waals surface area contributed by atoms with Crippen molar-refractivity contribution in [1.82, 2.24) is 9.97 Å². The molecule has 0 aliphatic rings. The summed E-state index contributed by atoms with van der Waals surface area (Å²) in [5.74, 6) is -0.634. The summed E-state index contributed by atoms with van der Waals surface area (Å²) in [6.07, 6.45) is 8.39. The van der Waals surface area contributed by atoms with Gasteiger partial charge in [-0.1, -0.05) is 18.2 Å². The minimum absolute atomic E-state index is 0.0862. The summed E-state index contributed by atoms with van der Waals surface area (Å²) in [6.45, 7) is 0.377. The lowest BCUT2D eigenvalue weighted by molar-refractivity contribution is 0.552. The third kappa shape index (κ3) is 7.00. The molecule has 0 radical (unpaired) electrons. The number of anilines is 1. The second kappa shape index (κ2) is 10.4. The number of halogens is 1. The Morgan fingerprint density at radius 2 is 2.03 bits per heavy atom. The number of hydrogen-bond acceptors (Lipinski definition) is 7. The van der Waals surface area contributed by atoms with Crippen molar-refractivity contribution >= 4 is 27.8 Å². The van der Waals surface area contributed by atoms with Gasteiger partial charge in [0.25, 0.3) is 0 Å². The lowest BCUT2D eigenvalue weighted by Gasteiger charge is -2.13. The fourth-order valence-electron chi connectivity index (χ4n) is 2.81. The van der Waals surface area contributed by atoms with Crippen LogP contribution in [0.2, 0.25) is 0 Å². The molecular weight excluding hydrogens is 417 g/mol. The molecule has 9 heteroatoms. The van der Waals surface area contributed by atoms with E-state index in [0.29, 0.717) is 23.5 Å². The number of benzene rings is 1. The zero-order chi connectivity index (χ0) is 22.1. The number of aromatic nitrogens is 2. The Hall–Kier alpha value is -3.59. The first kappa shape index (κ1) is 22.1. The van der Waals surface area contributed by atoms with Crippen molar-refractivity contribution in [3.8, 4) is 11.3 Å². The van der Waals surface area contributed by atoms with Gasteiger partial charge in [-0.05, 0) is 42.0 Å². The summed E-state index contributed by atoms with van der Waals surface area (Å²) in [6, 6.07) is 14.8. The Labute approximate surface area is 180 Å². The molecule has 3 aromatic rings. The summed E-state index contributed by atoms with van der Waals surface area (Å²) in [7, 11) is -4.57. The monoisotopic (exact) mass is 439 g/mol. The van der Waals surface area contributed by atoms with Crippen molar-refractivity contribution in [2.45, 2.75) is 6.54 Å². The van der Waals surface area contributed by atoms with Crippen molar-refractivity contribution in [3.63, 3.8) is 0 Å². The number of allylic oxidation sites excluding steroid dienone is 1. The summed E-state index contributed by atoms with van der Waals surface area (Å²) >= 11 is 0. The van der Waals surface area contributed by atoms with Gasteiger partial charge in [-0.15, -0.1) is 3.89 Å². The smallest absolute Gasteiger partial charge is 0.304 e. The first-order valence-corrected chi connectivity index (χ1v) is 11.0. The van der Waals surface area contributed by atoms with Crippen LogP contribution >= 0.6 is 0 Å². The third-order valence-electron chi connectivity index (χ3n) is 4.31. The van der Waals surface area contributed by atoms with Crippen LogP contribution in [0.15, 0.2) is 78.2 Å². The van der Waals surface area contributed by atoms with E-state index < -0.39 is 16.0 Å². The SMILES string of the molecule is N/C(=C\C=NCc1cccnc1)c1cc(-c2ccccn2)ccc1NCCS(=O)(=O)F. The summed E-state index contributed by atoms with van der Waals surface area (Å²) in [4.78, 5) is 12.7. The molecule has 3 N–H and O–H groups in total. The van der Waals surface area contributed by atoms with Gasteiger partial charge in [0.2, 0.25) is 0 Å². The number of hydrogen-bond donors (Lipinski definition) is 2. The molecule has 0 fully saturated rings. The number of rotatable bonds is 9. The molecule has 0 amide bonds. The summed E-state index contributed by atoms with van der Waals surface area (Å²) < 4.78 is 34.4. The maximum atomic E-state index is 12.8. The molecule has 7 nitrogen and oxygen atoms in total. The second-order valence-corrected chi connectivity index (χ2v) is 8.10. The molecule has 2 aromatic heterocycles. The van der Waals surface area contributed by atoms with E-state index in [2.05, 4.69) is 20.3 Å². The highest BCUT2D eigenvalue weighted by molar-refractivity contribution is 7.86. The Morgan fingerprint density at radius 1 is 1.16 bits per heavy atom. The second-order valence-electron chi connectivity index (χ2n) is 6.62. The van der Waals surface area contributed by atoms with Gasteiger partial charge in [0.15, 0.2) is 0 Å². The highest BCUT2D eigenvalue weighted by Gasteiger charge is 2.11. The molecule has 0 atom stereocenters. The minimum Gasteiger partial charge on any atom is -0.398 e. The molecule has 31 heavy (non-hydrogen) atoms. The van der Waals surface area contributed by atoms with E-state index in [-0.39, 0.29) is 6.54 Å². The van der Waals surface area contributed by atoms with Crippen LogP contribution in [0, 0.1) is 0 Å². The molecule has 0 saturated heterocycles. The first-order valence-electron chi connectivity index (χ1n) is 9.49. The molecule has 1 aromatic carbocycles. The predicted octanol–water partition coefficient (Wildman–Crippen LogP) is 3.43. The maximum absolute atomic E-state index is 12.8. The zero-order valence-electron chi connectivity index (χ0n) is 16.6. The van der Waals surface area contributed by atoms with Crippen molar-refractivity contribution in [3.05, 3.63) is 84.3 Å². The lowest BCUT2D eigenvalue weighted by atomic mass is 10.0. The van der Waals surface area contributed by atoms with Crippen LogP contribution < -0.4 is 11.1 Å². The molecule has 0 saturated carbocycles. The van der Waals surface area contributed by atoms with E-state index in [9.17, 15) is 12.3 Å². The Bertz CT molecular complexity index is 1170. The van der Waals surface area contributed by atoms with Crippen LogP contribution in [0.3, 0.4) is 0 Å². The molecule has 0 unspecified atom stereocenters. The van der Waals surface area contributed by atoms with Crippen LogP contribution in [0.5, 0.6) is 0 Å². The Morgan fingerprint density at radius 3 is 2.74 bits per heavy atom. The normalized spacial score (nSPS) is 12.2. The van der Waals surface area contributed by atoms with Gasteiger partial charge in [-0.25, -0.2) is 0 Å². The van der Waals surface area contributed by atoms with Gasteiger partial charge in [0.1, 0.15) is 0 Å². The number of aliphatic imine (C=N–C) groups is 1. The van der Waals surface area contributed by atoms with Crippen LogP contribution in [0.4, 0.5) is 9.57 Å². The largest absolute Gasteiger partial charge is 0.398 e. The van der Waals surface area contributed by atoms with Crippen molar-refractivity contribution < 1.29 is 12.3 Å². The highest BCUT2D eigenvalue weighted by atomic mass is 32.3. The fraction of sp³-hybridized carbons (Fsp3) is 0.136. The molecule has 2 heterocycles. The molecule has 0 bridgehead atoms. The van der Waals surface area contributed by atoms with Gasteiger partial charge in [-0.2, -0.15) is 8.42 Å². The minimum atomic E-state index is -4.57. The van der Waals surface area contributed by atoms with Gasteiger partial charge in [-0.3, -0.25) is 15.0 Å². The van der Waals surface area contributed by atoms with Crippen LogP contribution in [0.25, 0.3) is 17.0 Å². The van der Waals surface area contributed by atoms with Crippen LogP contribution in [0.1, 0.15) is 11.1 Å². The Balaban J connectivity index is 1.84. The zero-order valence-corrected chi connectivity index (χ0v) is 17.5. The van der Waals surface area contributed by atoms with Gasteiger partial charge >= 0.3 is 10.2 Å². The molecule has 0 aliphatic carbocycles. The molecule has 0 aliphatic heterocycles. The van der Waals surface area contributed by atoms with Gasteiger partial charge in [0, 0.05) is 53.9 Å². The predicted molar refractivity (Wildman–Crippen MR) is 122 cm³/mol. The quantitative estimate of drug-likeness (QED) is 0.390. The van der Waals surface area contributed by atoms with E-state index in [1.807, 2.05) is 42.5 Å².